The van der Waals surface area contributed by atoms with E-state index >= 15 is 0 Å². The van der Waals surface area contributed by atoms with Gasteiger partial charge in [-0.3, -0.25) is 14.3 Å². The van der Waals surface area contributed by atoms with Crippen molar-refractivity contribution in [2.75, 3.05) is 32.8 Å². The van der Waals surface area contributed by atoms with Crippen molar-refractivity contribution in [3.8, 4) is 0 Å². The summed E-state index contributed by atoms with van der Waals surface area (Å²) in [7, 11) is 1.76. The first-order valence-corrected chi connectivity index (χ1v) is 10.4. The zero-order chi connectivity index (χ0) is 19.7. The molecular formula is C20H31N5O3. The average Bonchev–Trinajstić information content (AvgIpc) is 2.98. The second-order valence-electron chi connectivity index (χ2n) is 8.34. The van der Waals surface area contributed by atoms with Gasteiger partial charge < -0.3 is 19.9 Å². The number of nitrogens with one attached hydrogen (secondary N) is 1. The molecule has 3 heterocycles. The van der Waals surface area contributed by atoms with Crippen molar-refractivity contribution in [1.29, 1.82) is 0 Å². The molecule has 0 radical (unpaired) electrons. The SMILES string of the molecule is Cc1cc(C(=O)NCC2CN(C3CCN(C4CCC4)CC3)C(=O)CO2)n(C)n1. The van der Waals surface area contributed by atoms with Crippen LogP contribution in [0.1, 0.15) is 48.3 Å². The van der Waals surface area contributed by atoms with Crippen molar-refractivity contribution < 1.29 is 14.3 Å². The second kappa shape index (κ2) is 8.21. The Bertz CT molecular complexity index is 721. The topological polar surface area (TPSA) is 79.7 Å². The molecule has 2 aliphatic heterocycles. The summed E-state index contributed by atoms with van der Waals surface area (Å²) >= 11 is 0. The average molecular weight is 390 g/mol. The summed E-state index contributed by atoms with van der Waals surface area (Å²) < 4.78 is 7.26. The summed E-state index contributed by atoms with van der Waals surface area (Å²) in [5.74, 6) is -0.0871. The minimum absolute atomic E-state index is 0.0759. The molecule has 1 atom stereocenters. The van der Waals surface area contributed by atoms with Gasteiger partial charge in [-0.1, -0.05) is 6.42 Å². The maximum Gasteiger partial charge on any atom is 0.269 e. The lowest BCUT2D eigenvalue weighted by atomic mass is 9.89. The molecule has 1 unspecified atom stereocenters. The number of carbonyl (C=O) groups is 2. The van der Waals surface area contributed by atoms with Gasteiger partial charge in [0.2, 0.25) is 5.91 Å². The molecule has 1 N–H and O–H groups in total. The van der Waals surface area contributed by atoms with Crippen molar-refractivity contribution >= 4 is 11.8 Å². The minimum atomic E-state index is -0.166. The zero-order valence-corrected chi connectivity index (χ0v) is 16.9. The number of likely N-dealkylation sites (tertiary alicyclic amines) is 1. The number of hydrogen-bond acceptors (Lipinski definition) is 5. The second-order valence-corrected chi connectivity index (χ2v) is 8.34. The van der Waals surface area contributed by atoms with Crippen molar-refractivity contribution in [1.82, 2.24) is 24.9 Å². The highest BCUT2D eigenvalue weighted by molar-refractivity contribution is 5.92. The van der Waals surface area contributed by atoms with Crippen molar-refractivity contribution in [2.24, 2.45) is 7.05 Å². The molecule has 1 aromatic heterocycles. The van der Waals surface area contributed by atoms with Gasteiger partial charge in [0.15, 0.2) is 0 Å². The molecule has 2 amide bonds. The van der Waals surface area contributed by atoms with Crippen molar-refractivity contribution in [2.45, 2.75) is 57.2 Å². The molecule has 28 heavy (non-hydrogen) atoms. The number of hydrogen-bond donors (Lipinski definition) is 1. The van der Waals surface area contributed by atoms with Gasteiger partial charge >= 0.3 is 0 Å². The quantitative estimate of drug-likeness (QED) is 0.802. The number of ether oxygens (including phenoxy) is 1. The van der Waals surface area contributed by atoms with Gasteiger partial charge in [-0.15, -0.1) is 0 Å². The van der Waals surface area contributed by atoms with E-state index in [0.29, 0.717) is 24.8 Å². The van der Waals surface area contributed by atoms with E-state index in [1.807, 2.05) is 11.8 Å². The molecule has 8 heteroatoms. The highest BCUT2D eigenvalue weighted by Gasteiger charge is 2.35. The standard InChI is InChI=1S/C20H31N5O3/c1-14-10-18(23(2)22-14)20(27)21-11-17-12-25(19(26)13-28-17)16-6-8-24(9-7-16)15-4-3-5-15/h10,15-17H,3-9,11-13H2,1-2H3,(H,21,27). The summed E-state index contributed by atoms with van der Waals surface area (Å²) in [5, 5.41) is 7.13. The third kappa shape index (κ3) is 4.07. The number of morpholine rings is 1. The number of rotatable bonds is 5. The Hall–Kier alpha value is -1.93. The third-order valence-electron chi connectivity index (χ3n) is 6.42. The Morgan fingerprint density at radius 3 is 2.61 bits per heavy atom. The Morgan fingerprint density at radius 2 is 2.00 bits per heavy atom. The lowest BCUT2D eigenvalue weighted by molar-refractivity contribution is -0.153. The molecule has 4 rings (SSSR count). The lowest BCUT2D eigenvalue weighted by Gasteiger charge is -2.45. The fourth-order valence-corrected chi connectivity index (χ4v) is 4.56. The van der Waals surface area contributed by atoms with Crippen LogP contribution < -0.4 is 5.32 Å². The molecule has 8 nitrogen and oxygen atoms in total. The molecule has 3 aliphatic rings. The first-order chi connectivity index (χ1) is 13.5. The molecule has 0 bridgehead atoms. The van der Waals surface area contributed by atoms with Crippen LogP contribution in [0.3, 0.4) is 0 Å². The molecule has 0 aromatic carbocycles. The summed E-state index contributed by atoms with van der Waals surface area (Å²) in [5.41, 5.74) is 1.34. The van der Waals surface area contributed by atoms with Gasteiger partial charge in [0, 0.05) is 45.3 Å². The molecule has 3 fully saturated rings. The highest BCUT2D eigenvalue weighted by atomic mass is 16.5. The predicted molar refractivity (Wildman–Crippen MR) is 104 cm³/mol. The fourth-order valence-electron chi connectivity index (χ4n) is 4.56. The van der Waals surface area contributed by atoms with Gasteiger partial charge in [0.25, 0.3) is 5.91 Å². The van der Waals surface area contributed by atoms with Crippen LogP contribution in [-0.4, -0.2) is 82.4 Å². The van der Waals surface area contributed by atoms with Crippen LogP contribution in [-0.2, 0) is 16.6 Å². The molecule has 1 aromatic rings. The minimum Gasteiger partial charge on any atom is -0.365 e. The van der Waals surface area contributed by atoms with Crippen LogP contribution in [0.4, 0.5) is 0 Å². The zero-order valence-electron chi connectivity index (χ0n) is 16.9. The Morgan fingerprint density at radius 1 is 1.25 bits per heavy atom. The van der Waals surface area contributed by atoms with Gasteiger partial charge in [-0.2, -0.15) is 5.10 Å². The summed E-state index contributed by atoms with van der Waals surface area (Å²) in [6.07, 6.45) is 5.93. The van der Waals surface area contributed by atoms with E-state index in [-0.39, 0.29) is 24.5 Å². The summed E-state index contributed by atoms with van der Waals surface area (Å²) in [6, 6.07) is 2.84. The number of aryl methyl sites for hydroxylation is 2. The van der Waals surface area contributed by atoms with E-state index in [9.17, 15) is 9.59 Å². The Labute approximate surface area is 166 Å². The number of amides is 2. The molecule has 1 saturated carbocycles. The van der Waals surface area contributed by atoms with Crippen molar-refractivity contribution in [3.63, 3.8) is 0 Å². The first-order valence-electron chi connectivity index (χ1n) is 10.4. The van der Waals surface area contributed by atoms with Crippen LogP contribution in [0.25, 0.3) is 0 Å². The van der Waals surface area contributed by atoms with Crippen LogP contribution in [0.5, 0.6) is 0 Å². The molecule has 154 valence electrons. The van der Waals surface area contributed by atoms with Crippen LogP contribution in [0.15, 0.2) is 6.07 Å². The fraction of sp³-hybridized carbons (Fsp3) is 0.750. The number of nitrogens with zero attached hydrogens (tertiary/aromatic N) is 4. The van der Waals surface area contributed by atoms with Gasteiger partial charge in [0.05, 0.1) is 11.8 Å². The monoisotopic (exact) mass is 389 g/mol. The van der Waals surface area contributed by atoms with Crippen LogP contribution in [0.2, 0.25) is 0 Å². The third-order valence-corrected chi connectivity index (χ3v) is 6.42. The van der Waals surface area contributed by atoms with E-state index in [1.165, 1.54) is 19.3 Å². The van der Waals surface area contributed by atoms with Crippen molar-refractivity contribution in [3.05, 3.63) is 17.5 Å². The van der Waals surface area contributed by atoms with E-state index in [0.717, 1.165) is 37.7 Å². The van der Waals surface area contributed by atoms with E-state index in [4.69, 9.17) is 4.74 Å². The van der Waals surface area contributed by atoms with Gasteiger partial charge in [0.1, 0.15) is 12.3 Å². The smallest absolute Gasteiger partial charge is 0.269 e. The summed E-state index contributed by atoms with van der Waals surface area (Å²) in [6.45, 7) is 5.09. The number of carbonyl (C=O) groups excluding carboxylic acids is 2. The summed E-state index contributed by atoms with van der Waals surface area (Å²) in [4.78, 5) is 29.4. The molecular weight excluding hydrogens is 358 g/mol. The number of aromatic nitrogens is 2. The van der Waals surface area contributed by atoms with Gasteiger partial charge in [-0.05, 0) is 38.7 Å². The van der Waals surface area contributed by atoms with E-state index < -0.39 is 0 Å². The van der Waals surface area contributed by atoms with Crippen LogP contribution in [0, 0.1) is 6.92 Å². The predicted octanol–water partition coefficient (Wildman–Crippen LogP) is 0.703. The lowest BCUT2D eigenvalue weighted by Crippen LogP contribution is -2.57. The number of piperidine rings is 1. The Kier molecular flexibility index (Phi) is 5.68. The first kappa shape index (κ1) is 19.4. The largest absolute Gasteiger partial charge is 0.365 e. The van der Waals surface area contributed by atoms with Crippen LogP contribution >= 0.6 is 0 Å². The maximum absolute atomic E-state index is 12.4. The van der Waals surface area contributed by atoms with E-state index in [2.05, 4.69) is 15.3 Å². The highest BCUT2D eigenvalue weighted by Crippen LogP contribution is 2.29. The maximum atomic E-state index is 12.4. The Balaban J connectivity index is 1.28. The van der Waals surface area contributed by atoms with Gasteiger partial charge in [-0.25, -0.2) is 0 Å². The molecule has 1 aliphatic carbocycles. The molecule has 0 spiro atoms. The van der Waals surface area contributed by atoms with E-state index in [1.54, 1.807) is 17.8 Å². The molecule has 2 saturated heterocycles. The normalized spacial score (nSPS) is 25.0.